The van der Waals surface area contributed by atoms with Crippen molar-refractivity contribution in [1.29, 1.82) is 0 Å². The first-order chi connectivity index (χ1) is 23.4. The maximum atomic E-state index is 14.0. The van der Waals surface area contributed by atoms with Crippen LogP contribution in [-0.4, -0.2) is 40.0 Å². The quantitative estimate of drug-likeness (QED) is 0.161. The molecular formula is C39H40N4O5S. The summed E-state index contributed by atoms with van der Waals surface area (Å²) in [6, 6.07) is 16.0. The minimum absolute atomic E-state index is 0.0485. The Balaban J connectivity index is 1.18. The third kappa shape index (κ3) is 5.70. The summed E-state index contributed by atoms with van der Waals surface area (Å²) in [6.07, 6.45) is 7.09. The maximum Gasteiger partial charge on any atom is 0.355 e. The van der Waals surface area contributed by atoms with Crippen molar-refractivity contribution in [2.75, 3.05) is 11.9 Å². The number of benzene rings is 2. The summed E-state index contributed by atoms with van der Waals surface area (Å²) in [6.45, 7) is 5.52. The number of nitrogens with one attached hydrogen (secondary N) is 2. The van der Waals surface area contributed by atoms with Gasteiger partial charge in [-0.15, -0.1) is 11.3 Å². The highest BCUT2D eigenvalue weighted by molar-refractivity contribution is 7.13. The molecule has 3 unspecified atom stereocenters. The molecule has 49 heavy (non-hydrogen) atoms. The summed E-state index contributed by atoms with van der Waals surface area (Å²) < 4.78 is 6.17. The van der Waals surface area contributed by atoms with E-state index in [0.29, 0.717) is 42.5 Å². The fraction of sp³-hybridized carbons (Fsp3) is 0.385. The Morgan fingerprint density at radius 3 is 2.39 bits per heavy atom. The maximum absolute atomic E-state index is 14.0. The summed E-state index contributed by atoms with van der Waals surface area (Å²) in [5, 5.41) is 18.8. The van der Waals surface area contributed by atoms with Gasteiger partial charge < -0.3 is 26.2 Å². The lowest BCUT2D eigenvalue weighted by atomic mass is 9.43. The van der Waals surface area contributed by atoms with Crippen molar-refractivity contribution in [2.45, 2.75) is 70.9 Å². The van der Waals surface area contributed by atoms with E-state index in [2.05, 4.69) is 35.5 Å². The Hall–Kier alpha value is -4.54. The second kappa shape index (κ2) is 11.5. The van der Waals surface area contributed by atoms with Crippen molar-refractivity contribution in [3.05, 3.63) is 88.1 Å². The van der Waals surface area contributed by atoms with Crippen LogP contribution in [0.5, 0.6) is 5.75 Å². The summed E-state index contributed by atoms with van der Waals surface area (Å²) in [7, 11) is 0. The van der Waals surface area contributed by atoms with E-state index in [-0.39, 0.29) is 44.8 Å². The lowest BCUT2D eigenvalue weighted by Crippen LogP contribution is -2.65. The van der Waals surface area contributed by atoms with Crippen LogP contribution < -0.4 is 21.1 Å². The molecule has 2 aromatic carbocycles. The number of fused-ring (bicyclic) bond motifs is 3. The summed E-state index contributed by atoms with van der Waals surface area (Å²) in [5.74, 6) is -0.929. The summed E-state index contributed by atoms with van der Waals surface area (Å²) in [5.41, 5.74) is 9.85. The molecule has 5 N–H and O–H groups in total. The fourth-order valence-corrected chi connectivity index (χ4v) is 11.1. The number of carboxylic acid groups (broad SMARTS) is 1. The first kappa shape index (κ1) is 31.7. The van der Waals surface area contributed by atoms with Gasteiger partial charge in [-0.1, -0.05) is 26.0 Å². The molecule has 1 aliphatic heterocycles. The molecule has 252 valence electrons. The number of ether oxygens (including phenoxy) is 1. The van der Waals surface area contributed by atoms with E-state index in [1.807, 2.05) is 17.5 Å². The molecule has 4 atom stereocenters. The number of nitrogens with two attached hydrogens (primary N) is 1. The van der Waals surface area contributed by atoms with Gasteiger partial charge in [0.25, 0.3) is 11.8 Å². The number of aromatic carboxylic acids is 1. The Labute approximate surface area is 289 Å². The van der Waals surface area contributed by atoms with Gasteiger partial charge >= 0.3 is 5.97 Å². The molecule has 5 aliphatic rings. The number of carbonyl (C=O) groups excluding carboxylic acids is 2. The van der Waals surface area contributed by atoms with Gasteiger partial charge in [0.05, 0.1) is 6.61 Å². The normalized spacial score (nSPS) is 26.2. The van der Waals surface area contributed by atoms with Gasteiger partial charge in [0.15, 0.2) is 5.69 Å². The molecule has 0 spiro atoms. The first-order valence-corrected chi connectivity index (χ1v) is 17.9. The topological polar surface area (TPSA) is 144 Å². The highest BCUT2D eigenvalue weighted by Crippen LogP contribution is 2.66. The Morgan fingerprint density at radius 2 is 1.69 bits per heavy atom. The zero-order valence-corrected chi connectivity index (χ0v) is 28.5. The molecule has 3 heterocycles. The van der Waals surface area contributed by atoms with Crippen LogP contribution in [0.25, 0.3) is 21.6 Å². The van der Waals surface area contributed by atoms with E-state index < -0.39 is 11.9 Å². The Bertz CT molecular complexity index is 2000. The van der Waals surface area contributed by atoms with Crippen LogP contribution in [0.4, 0.5) is 5.69 Å². The number of anilines is 1. The van der Waals surface area contributed by atoms with Crippen LogP contribution in [-0.2, 0) is 13.0 Å². The van der Waals surface area contributed by atoms with Gasteiger partial charge in [-0.2, -0.15) is 0 Å². The lowest BCUT2D eigenvalue weighted by Gasteiger charge is -2.65. The molecular weight excluding hydrogens is 637 g/mol. The SMILES string of the molecule is CC12CC3CC(NC(=O)c4ccc(-c5cc6c(cc5C(=O)Nc5ccc(CN)cc5)-c5sccc5CCO6)c(C(=O)O)n4)(C1)C[C@@](C)(C3)C2. The monoisotopic (exact) mass is 676 g/mol. The third-order valence-corrected chi connectivity index (χ3v) is 12.0. The van der Waals surface area contributed by atoms with Crippen LogP contribution in [0.1, 0.15) is 94.8 Å². The average molecular weight is 677 g/mol. The zero-order chi connectivity index (χ0) is 34.1. The number of carboxylic acids is 1. The van der Waals surface area contributed by atoms with E-state index >= 15 is 0 Å². The predicted octanol–water partition coefficient (Wildman–Crippen LogP) is 7.30. The zero-order valence-electron chi connectivity index (χ0n) is 27.7. The van der Waals surface area contributed by atoms with Crippen LogP contribution in [0.15, 0.2) is 60.0 Å². The molecule has 4 aromatic rings. The minimum atomic E-state index is -1.29. The Kier molecular flexibility index (Phi) is 7.46. The first-order valence-electron chi connectivity index (χ1n) is 17.0. The average Bonchev–Trinajstić information content (AvgIpc) is 3.44. The molecule has 4 saturated carbocycles. The Morgan fingerprint density at radius 1 is 0.939 bits per heavy atom. The molecule has 9 nitrogen and oxygen atoms in total. The van der Waals surface area contributed by atoms with Crippen molar-refractivity contribution in [2.24, 2.45) is 22.5 Å². The number of hydrogen-bond acceptors (Lipinski definition) is 7. The van der Waals surface area contributed by atoms with Crippen molar-refractivity contribution in [1.82, 2.24) is 10.3 Å². The molecule has 0 saturated heterocycles. The number of aromatic nitrogens is 1. The highest BCUT2D eigenvalue weighted by Gasteiger charge is 2.60. The van der Waals surface area contributed by atoms with Crippen LogP contribution in [0.3, 0.4) is 0 Å². The van der Waals surface area contributed by atoms with Gasteiger partial charge in [0.1, 0.15) is 11.4 Å². The molecule has 10 heteroatoms. The predicted molar refractivity (Wildman–Crippen MR) is 189 cm³/mol. The number of carbonyl (C=O) groups is 3. The fourth-order valence-electron chi connectivity index (χ4n) is 10.1. The number of nitrogens with zero attached hydrogens (tertiary/aromatic N) is 1. The van der Waals surface area contributed by atoms with Gasteiger partial charge in [-0.05, 0) is 114 Å². The third-order valence-electron chi connectivity index (χ3n) is 11.1. The molecule has 4 aliphatic carbocycles. The molecule has 2 amide bonds. The van der Waals surface area contributed by atoms with Gasteiger partial charge in [0.2, 0.25) is 0 Å². The largest absolute Gasteiger partial charge is 0.493 e. The second-order valence-corrected chi connectivity index (χ2v) is 16.3. The van der Waals surface area contributed by atoms with Crippen molar-refractivity contribution >= 4 is 34.8 Å². The standard InChI is InChI=1S/C39H40N4O5S/c1-37-15-23-16-38(2,19-37)21-39(17-23,20-37)43-35(45)30-8-7-26(32(42-30)36(46)47)27-14-31-29(33-24(9-11-48-31)10-12-49-33)13-28(27)34(44)41-25-5-3-22(18-40)4-6-25/h3-8,10,12-14,23H,9,11,15-21,40H2,1-2H3,(H,41,44)(H,43,45)(H,46,47)/t23?,37-,38?,39?/m0/s1. The number of amides is 2. The van der Waals surface area contributed by atoms with Gasteiger partial charge in [-0.25, -0.2) is 9.78 Å². The van der Waals surface area contributed by atoms with Gasteiger partial charge in [0, 0.05) is 51.3 Å². The number of pyridine rings is 1. The smallest absolute Gasteiger partial charge is 0.355 e. The molecule has 2 aromatic heterocycles. The minimum Gasteiger partial charge on any atom is -0.493 e. The summed E-state index contributed by atoms with van der Waals surface area (Å²) >= 11 is 1.57. The van der Waals surface area contributed by atoms with E-state index in [1.54, 1.807) is 47.7 Å². The molecule has 0 radical (unpaired) electrons. The lowest BCUT2D eigenvalue weighted by molar-refractivity contribution is -0.114. The van der Waals surface area contributed by atoms with Crippen molar-refractivity contribution in [3.8, 4) is 27.3 Å². The van der Waals surface area contributed by atoms with Crippen molar-refractivity contribution < 1.29 is 24.2 Å². The van der Waals surface area contributed by atoms with E-state index in [9.17, 15) is 19.5 Å². The second-order valence-electron chi connectivity index (χ2n) is 15.4. The molecule has 4 fully saturated rings. The van der Waals surface area contributed by atoms with Gasteiger partial charge in [-0.3, -0.25) is 9.59 Å². The number of thiophene rings is 1. The van der Waals surface area contributed by atoms with E-state index in [4.69, 9.17) is 10.5 Å². The molecule has 4 bridgehead atoms. The molecule has 9 rings (SSSR count). The number of hydrogen-bond donors (Lipinski definition) is 4. The van der Waals surface area contributed by atoms with Crippen molar-refractivity contribution in [3.63, 3.8) is 0 Å². The van der Waals surface area contributed by atoms with Crippen LogP contribution in [0.2, 0.25) is 0 Å². The van der Waals surface area contributed by atoms with Crippen LogP contribution in [0, 0.1) is 16.7 Å². The van der Waals surface area contributed by atoms with E-state index in [0.717, 1.165) is 40.8 Å². The highest BCUT2D eigenvalue weighted by atomic mass is 32.1. The van der Waals surface area contributed by atoms with E-state index in [1.165, 1.54) is 19.3 Å². The summed E-state index contributed by atoms with van der Waals surface area (Å²) in [4.78, 5) is 46.2. The van der Waals surface area contributed by atoms with Crippen LogP contribution >= 0.6 is 11.3 Å². The number of rotatable bonds is 7.